The summed E-state index contributed by atoms with van der Waals surface area (Å²) in [6.07, 6.45) is 0. The molecule has 0 aromatic heterocycles. The van der Waals surface area contributed by atoms with E-state index in [1.165, 1.54) is 0 Å². The van der Waals surface area contributed by atoms with Gasteiger partial charge < -0.3 is 20.5 Å². The molecule has 0 aliphatic heterocycles. The second-order valence-corrected chi connectivity index (χ2v) is 3.75. The second-order valence-electron chi connectivity index (χ2n) is 3.75. The van der Waals surface area contributed by atoms with Crippen molar-refractivity contribution in [1.29, 1.82) is 0 Å². The molecule has 1 rings (SSSR count). The van der Waals surface area contributed by atoms with Crippen LogP contribution in [0.25, 0.3) is 0 Å². The molecule has 5 nitrogen and oxygen atoms in total. The molecular weight excluding hydrogens is 232 g/mol. The minimum Gasteiger partial charge on any atom is -0.504 e. The molecule has 18 heavy (non-hydrogen) atoms. The lowest BCUT2D eigenvalue weighted by Crippen LogP contribution is -2.33. The fourth-order valence-corrected chi connectivity index (χ4v) is 1.55. The van der Waals surface area contributed by atoms with E-state index in [0.29, 0.717) is 31.0 Å². The van der Waals surface area contributed by atoms with Gasteiger partial charge in [-0.3, -0.25) is 4.79 Å². The standard InChI is InChI=1S/C13H20N2O3/c1-3-15-12(16)9-14-8-10-6-5-7-11(13(10)17)18-4-2/h5-7,14,17H,3-4,8-9H2,1-2H3,(H,15,16). The topological polar surface area (TPSA) is 70.6 Å². The SMILES string of the molecule is CCNC(=O)CNCc1cccc(OCC)c1O. The lowest BCUT2D eigenvalue weighted by atomic mass is 10.2. The van der Waals surface area contributed by atoms with Crippen LogP contribution in [-0.2, 0) is 11.3 Å². The fraction of sp³-hybridized carbons (Fsp3) is 0.462. The Morgan fingerprint density at radius 2 is 2.17 bits per heavy atom. The van der Waals surface area contributed by atoms with Crippen LogP contribution in [0.4, 0.5) is 0 Å². The van der Waals surface area contributed by atoms with E-state index in [1.54, 1.807) is 12.1 Å². The number of nitrogens with one attached hydrogen (secondary N) is 2. The maximum Gasteiger partial charge on any atom is 0.233 e. The van der Waals surface area contributed by atoms with Crippen LogP contribution in [0.15, 0.2) is 18.2 Å². The van der Waals surface area contributed by atoms with Crippen molar-refractivity contribution < 1.29 is 14.6 Å². The fourth-order valence-electron chi connectivity index (χ4n) is 1.55. The van der Waals surface area contributed by atoms with Crippen LogP contribution in [0.2, 0.25) is 0 Å². The van der Waals surface area contributed by atoms with Gasteiger partial charge in [-0.05, 0) is 19.9 Å². The highest BCUT2D eigenvalue weighted by molar-refractivity contribution is 5.77. The molecule has 0 aliphatic rings. The molecule has 0 saturated heterocycles. The van der Waals surface area contributed by atoms with Crippen molar-refractivity contribution >= 4 is 5.91 Å². The summed E-state index contributed by atoms with van der Waals surface area (Å²) in [5.41, 5.74) is 0.713. The Labute approximate surface area is 107 Å². The summed E-state index contributed by atoms with van der Waals surface area (Å²) in [5.74, 6) is 0.538. The van der Waals surface area contributed by atoms with Gasteiger partial charge in [0.1, 0.15) is 0 Å². The van der Waals surface area contributed by atoms with E-state index in [-0.39, 0.29) is 18.2 Å². The van der Waals surface area contributed by atoms with Gasteiger partial charge in [-0.1, -0.05) is 12.1 Å². The zero-order chi connectivity index (χ0) is 13.4. The minimum absolute atomic E-state index is 0.0575. The summed E-state index contributed by atoms with van der Waals surface area (Å²) >= 11 is 0. The zero-order valence-corrected chi connectivity index (χ0v) is 10.8. The van der Waals surface area contributed by atoms with Crippen LogP contribution >= 0.6 is 0 Å². The van der Waals surface area contributed by atoms with E-state index in [0.717, 1.165) is 0 Å². The van der Waals surface area contributed by atoms with E-state index in [4.69, 9.17) is 4.74 Å². The third kappa shape index (κ3) is 4.25. The highest BCUT2D eigenvalue weighted by atomic mass is 16.5. The van der Waals surface area contributed by atoms with Crippen LogP contribution in [-0.4, -0.2) is 30.7 Å². The Kier molecular flexibility index (Phi) is 6.00. The van der Waals surface area contributed by atoms with Gasteiger partial charge in [0.2, 0.25) is 5.91 Å². The molecule has 3 N–H and O–H groups in total. The number of hydrogen-bond donors (Lipinski definition) is 3. The monoisotopic (exact) mass is 252 g/mol. The van der Waals surface area contributed by atoms with Gasteiger partial charge in [-0.2, -0.15) is 0 Å². The van der Waals surface area contributed by atoms with E-state index >= 15 is 0 Å². The van der Waals surface area contributed by atoms with Gasteiger partial charge in [-0.15, -0.1) is 0 Å². The van der Waals surface area contributed by atoms with Crippen LogP contribution in [0, 0.1) is 0 Å². The largest absolute Gasteiger partial charge is 0.504 e. The Bertz CT molecular complexity index is 394. The minimum atomic E-state index is -0.0575. The van der Waals surface area contributed by atoms with Crippen LogP contribution in [0.1, 0.15) is 19.4 Å². The Hall–Kier alpha value is -1.75. The third-order valence-corrected chi connectivity index (χ3v) is 2.36. The average molecular weight is 252 g/mol. The zero-order valence-electron chi connectivity index (χ0n) is 10.8. The number of amides is 1. The first-order chi connectivity index (χ1) is 8.69. The van der Waals surface area contributed by atoms with Crippen molar-refractivity contribution in [3.05, 3.63) is 23.8 Å². The quantitative estimate of drug-likeness (QED) is 0.677. The molecule has 0 radical (unpaired) electrons. The van der Waals surface area contributed by atoms with Gasteiger partial charge in [0.05, 0.1) is 13.2 Å². The summed E-state index contributed by atoms with van der Waals surface area (Å²) in [4.78, 5) is 11.2. The number of likely N-dealkylation sites (N-methyl/N-ethyl adjacent to an activating group) is 1. The summed E-state index contributed by atoms with van der Waals surface area (Å²) in [6, 6.07) is 5.32. The predicted octanol–water partition coefficient (Wildman–Crippen LogP) is 1.02. The van der Waals surface area contributed by atoms with Gasteiger partial charge in [0, 0.05) is 18.7 Å². The summed E-state index contributed by atoms with van der Waals surface area (Å²) in [6.45, 7) is 5.50. The molecule has 0 aliphatic carbocycles. The van der Waals surface area contributed by atoms with E-state index in [9.17, 15) is 9.90 Å². The van der Waals surface area contributed by atoms with E-state index in [1.807, 2.05) is 19.9 Å². The highest BCUT2D eigenvalue weighted by Gasteiger charge is 2.07. The van der Waals surface area contributed by atoms with Crippen LogP contribution in [0.3, 0.4) is 0 Å². The van der Waals surface area contributed by atoms with Gasteiger partial charge in [0.15, 0.2) is 11.5 Å². The molecule has 0 atom stereocenters. The lowest BCUT2D eigenvalue weighted by molar-refractivity contribution is -0.120. The van der Waals surface area contributed by atoms with Crippen LogP contribution in [0.5, 0.6) is 11.5 Å². The first-order valence-electron chi connectivity index (χ1n) is 6.10. The first kappa shape index (κ1) is 14.3. The predicted molar refractivity (Wildman–Crippen MR) is 69.7 cm³/mol. The highest BCUT2D eigenvalue weighted by Crippen LogP contribution is 2.29. The van der Waals surface area contributed by atoms with Crippen molar-refractivity contribution in [2.24, 2.45) is 0 Å². The Morgan fingerprint density at radius 1 is 1.39 bits per heavy atom. The molecule has 100 valence electrons. The molecule has 5 heteroatoms. The molecule has 0 heterocycles. The number of para-hydroxylation sites is 1. The smallest absolute Gasteiger partial charge is 0.233 e. The number of ether oxygens (including phenoxy) is 1. The van der Waals surface area contributed by atoms with Crippen molar-refractivity contribution in [2.45, 2.75) is 20.4 Å². The number of rotatable bonds is 7. The number of carbonyl (C=O) groups is 1. The maximum atomic E-state index is 11.2. The summed E-state index contributed by atoms with van der Waals surface area (Å²) in [5, 5.41) is 15.6. The number of phenols is 1. The van der Waals surface area contributed by atoms with E-state index < -0.39 is 0 Å². The van der Waals surface area contributed by atoms with Crippen molar-refractivity contribution in [1.82, 2.24) is 10.6 Å². The Balaban J connectivity index is 2.52. The lowest BCUT2D eigenvalue weighted by Gasteiger charge is -2.10. The molecule has 1 aromatic rings. The number of aromatic hydroxyl groups is 1. The summed E-state index contributed by atoms with van der Waals surface area (Å²) < 4.78 is 5.29. The first-order valence-corrected chi connectivity index (χ1v) is 6.10. The average Bonchev–Trinajstić information content (AvgIpc) is 2.34. The molecule has 0 fully saturated rings. The van der Waals surface area contributed by atoms with Crippen LogP contribution < -0.4 is 15.4 Å². The molecule has 0 saturated carbocycles. The Morgan fingerprint density at radius 3 is 2.83 bits per heavy atom. The normalized spacial score (nSPS) is 10.1. The summed E-state index contributed by atoms with van der Waals surface area (Å²) in [7, 11) is 0. The maximum absolute atomic E-state index is 11.2. The molecule has 0 spiro atoms. The van der Waals surface area contributed by atoms with Crippen molar-refractivity contribution in [2.75, 3.05) is 19.7 Å². The van der Waals surface area contributed by atoms with Gasteiger partial charge >= 0.3 is 0 Å². The second kappa shape index (κ2) is 7.55. The molecule has 1 aromatic carbocycles. The molecular formula is C13H20N2O3. The number of benzene rings is 1. The van der Waals surface area contributed by atoms with Gasteiger partial charge in [0.25, 0.3) is 0 Å². The number of phenolic OH excluding ortho intramolecular Hbond substituents is 1. The molecule has 0 bridgehead atoms. The van der Waals surface area contributed by atoms with Crippen molar-refractivity contribution in [3.8, 4) is 11.5 Å². The number of hydrogen-bond acceptors (Lipinski definition) is 4. The molecule has 1 amide bonds. The number of carbonyl (C=O) groups excluding carboxylic acids is 1. The van der Waals surface area contributed by atoms with E-state index in [2.05, 4.69) is 10.6 Å². The molecule has 0 unspecified atom stereocenters. The third-order valence-electron chi connectivity index (χ3n) is 2.36. The van der Waals surface area contributed by atoms with Gasteiger partial charge in [-0.25, -0.2) is 0 Å². The van der Waals surface area contributed by atoms with Crippen molar-refractivity contribution in [3.63, 3.8) is 0 Å².